The third-order valence-electron chi connectivity index (χ3n) is 2.42. The Kier molecular flexibility index (Phi) is 6.75. The molecule has 8 nitrogen and oxygen atoms in total. The fourth-order valence-electron chi connectivity index (χ4n) is 1.34. The summed E-state index contributed by atoms with van der Waals surface area (Å²) in [7, 11) is -3.82. The van der Waals surface area contributed by atoms with Crippen LogP contribution < -0.4 is 21.5 Å². The monoisotopic (exact) mass is 378 g/mol. The maximum absolute atomic E-state index is 11.9. The molecule has 0 heterocycles. The second kappa shape index (κ2) is 8.08. The Morgan fingerprint density at radius 2 is 1.67 bits per heavy atom. The lowest BCUT2D eigenvalue weighted by molar-refractivity contribution is -0.122. The molecule has 0 spiro atoms. The summed E-state index contributed by atoms with van der Waals surface area (Å²) in [5, 5.41) is 0. The molecule has 116 valence electrons. The second-order valence-electron chi connectivity index (χ2n) is 4.03. The molecule has 0 saturated carbocycles. The molecule has 0 atom stereocenters. The van der Waals surface area contributed by atoms with Crippen LogP contribution in [0.3, 0.4) is 0 Å². The maximum atomic E-state index is 11.9. The van der Waals surface area contributed by atoms with Crippen molar-refractivity contribution in [3.05, 3.63) is 28.7 Å². The number of amides is 2. The number of hydrogen-bond acceptors (Lipinski definition) is 5. The fraction of sp³-hybridized carbons (Fsp3) is 0.273. The van der Waals surface area contributed by atoms with Gasteiger partial charge in [-0.1, -0.05) is 15.9 Å². The molecule has 0 aromatic heterocycles. The minimum absolute atomic E-state index is 0.00369. The number of benzene rings is 1. The van der Waals surface area contributed by atoms with Crippen LogP contribution in [0.25, 0.3) is 0 Å². The lowest BCUT2D eigenvalue weighted by Crippen LogP contribution is -2.41. The predicted molar refractivity (Wildman–Crippen MR) is 78.8 cm³/mol. The van der Waals surface area contributed by atoms with Crippen LogP contribution in [0.4, 0.5) is 0 Å². The predicted octanol–water partition coefficient (Wildman–Crippen LogP) is -0.0812. The number of carbonyl (C=O) groups excluding carboxylic acids is 2. The zero-order chi connectivity index (χ0) is 15.9. The molecule has 1 rings (SSSR count). The standard InChI is InChI=1S/C11H15BrN4O4S/c12-8-4-6-9(7-5-8)21(19,20)16-15-11(18)3-1-2-10(17)14-13/h4-7,16H,1-3,13H2,(H,14,17)(H,15,18). The van der Waals surface area contributed by atoms with Gasteiger partial charge in [0.15, 0.2) is 0 Å². The highest BCUT2D eigenvalue weighted by Gasteiger charge is 2.14. The summed E-state index contributed by atoms with van der Waals surface area (Å²) in [4.78, 5) is 24.3. The lowest BCUT2D eigenvalue weighted by Gasteiger charge is -2.08. The first-order chi connectivity index (χ1) is 9.85. The number of nitrogens with one attached hydrogen (secondary N) is 3. The van der Waals surface area contributed by atoms with Gasteiger partial charge in [-0.2, -0.15) is 0 Å². The van der Waals surface area contributed by atoms with Gasteiger partial charge in [0.2, 0.25) is 11.8 Å². The zero-order valence-corrected chi connectivity index (χ0v) is 13.3. The number of sulfonamides is 1. The number of rotatable bonds is 7. The smallest absolute Gasteiger partial charge is 0.257 e. The first-order valence-corrected chi connectivity index (χ1v) is 8.18. The Morgan fingerprint density at radius 3 is 2.24 bits per heavy atom. The Balaban J connectivity index is 2.44. The van der Waals surface area contributed by atoms with Crippen LogP contribution in [0.5, 0.6) is 0 Å². The molecule has 0 saturated heterocycles. The van der Waals surface area contributed by atoms with Crippen LogP contribution in [0.1, 0.15) is 19.3 Å². The molecule has 1 aromatic rings. The van der Waals surface area contributed by atoms with E-state index < -0.39 is 21.8 Å². The van der Waals surface area contributed by atoms with Crippen LogP contribution in [-0.2, 0) is 19.6 Å². The van der Waals surface area contributed by atoms with E-state index in [1.54, 1.807) is 12.1 Å². The molecule has 0 aliphatic rings. The quantitative estimate of drug-likeness (QED) is 0.299. The minimum atomic E-state index is -3.82. The Hall–Kier alpha value is -1.49. The van der Waals surface area contributed by atoms with E-state index in [4.69, 9.17) is 5.84 Å². The first-order valence-electron chi connectivity index (χ1n) is 5.91. The van der Waals surface area contributed by atoms with Gasteiger partial charge in [0.1, 0.15) is 0 Å². The minimum Gasteiger partial charge on any atom is -0.294 e. The first kappa shape index (κ1) is 17.6. The van der Waals surface area contributed by atoms with Crippen LogP contribution in [0, 0.1) is 0 Å². The van der Waals surface area contributed by atoms with Gasteiger partial charge in [0.05, 0.1) is 4.90 Å². The summed E-state index contributed by atoms with van der Waals surface area (Å²) < 4.78 is 24.4. The van der Waals surface area contributed by atoms with Crippen LogP contribution in [0.15, 0.2) is 33.6 Å². The molecular weight excluding hydrogens is 364 g/mol. The highest BCUT2D eigenvalue weighted by atomic mass is 79.9. The average molecular weight is 379 g/mol. The van der Waals surface area contributed by atoms with Crippen molar-refractivity contribution in [2.45, 2.75) is 24.2 Å². The van der Waals surface area contributed by atoms with E-state index in [9.17, 15) is 18.0 Å². The molecule has 0 aliphatic heterocycles. The zero-order valence-electron chi connectivity index (χ0n) is 10.9. The van der Waals surface area contributed by atoms with Crippen molar-refractivity contribution in [2.75, 3.05) is 0 Å². The maximum Gasteiger partial charge on any atom is 0.257 e. The summed E-state index contributed by atoms with van der Waals surface area (Å²) in [6, 6.07) is 5.93. The average Bonchev–Trinajstić information content (AvgIpc) is 2.45. The van der Waals surface area contributed by atoms with Gasteiger partial charge >= 0.3 is 0 Å². The van der Waals surface area contributed by atoms with E-state index >= 15 is 0 Å². The molecular formula is C11H15BrN4O4S. The summed E-state index contributed by atoms with van der Waals surface area (Å²) >= 11 is 3.19. The van der Waals surface area contributed by atoms with Crippen LogP contribution in [0.2, 0.25) is 0 Å². The van der Waals surface area contributed by atoms with Crippen molar-refractivity contribution in [1.29, 1.82) is 0 Å². The lowest BCUT2D eigenvalue weighted by atomic mass is 10.2. The third-order valence-corrected chi connectivity index (χ3v) is 4.21. The van der Waals surface area contributed by atoms with Crippen molar-refractivity contribution in [3.8, 4) is 0 Å². The van der Waals surface area contributed by atoms with Crippen LogP contribution >= 0.6 is 15.9 Å². The van der Waals surface area contributed by atoms with E-state index in [1.165, 1.54) is 12.1 Å². The molecule has 0 radical (unpaired) electrons. The van der Waals surface area contributed by atoms with Gasteiger partial charge in [-0.05, 0) is 30.7 Å². The van der Waals surface area contributed by atoms with E-state index in [2.05, 4.69) is 21.4 Å². The Bertz CT molecular complexity index is 603. The van der Waals surface area contributed by atoms with E-state index in [-0.39, 0.29) is 24.2 Å². The SMILES string of the molecule is NNC(=O)CCCC(=O)NNS(=O)(=O)c1ccc(Br)cc1. The molecule has 2 amide bonds. The van der Waals surface area contributed by atoms with Crippen molar-refractivity contribution in [1.82, 2.24) is 15.7 Å². The largest absolute Gasteiger partial charge is 0.294 e. The number of hydrogen-bond donors (Lipinski definition) is 4. The van der Waals surface area contributed by atoms with Crippen LogP contribution in [-0.4, -0.2) is 20.2 Å². The van der Waals surface area contributed by atoms with Gasteiger partial charge in [-0.25, -0.2) is 14.3 Å². The van der Waals surface area contributed by atoms with Gasteiger partial charge < -0.3 is 0 Å². The molecule has 0 bridgehead atoms. The van der Waals surface area contributed by atoms with Gasteiger partial charge in [0.25, 0.3) is 10.0 Å². The molecule has 5 N–H and O–H groups in total. The van der Waals surface area contributed by atoms with Gasteiger partial charge in [-0.15, -0.1) is 4.83 Å². The summed E-state index contributed by atoms with van der Waals surface area (Å²) in [6.07, 6.45) is 0.342. The molecule has 21 heavy (non-hydrogen) atoms. The summed E-state index contributed by atoms with van der Waals surface area (Å²) in [6.45, 7) is 0. The molecule has 0 fully saturated rings. The second-order valence-corrected chi connectivity index (χ2v) is 6.63. The van der Waals surface area contributed by atoms with Crippen molar-refractivity contribution < 1.29 is 18.0 Å². The third kappa shape index (κ3) is 6.21. The highest BCUT2D eigenvalue weighted by Crippen LogP contribution is 2.13. The van der Waals surface area contributed by atoms with Gasteiger partial charge in [0, 0.05) is 17.3 Å². The molecule has 0 unspecified atom stereocenters. The number of carbonyl (C=O) groups is 2. The molecule has 0 aliphatic carbocycles. The van der Waals surface area contributed by atoms with Gasteiger partial charge in [-0.3, -0.25) is 20.4 Å². The Morgan fingerprint density at radius 1 is 1.10 bits per heavy atom. The fourth-order valence-corrected chi connectivity index (χ4v) is 2.47. The van der Waals surface area contributed by atoms with Crippen molar-refractivity contribution >= 4 is 37.8 Å². The molecule has 1 aromatic carbocycles. The van der Waals surface area contributed by atoms with E-state index in [0.717, 1.165) is 4.47 Å². The van der Waals surface area contributed by atoms with E-state index in [0.29, 0.717) is 0 Å². The molecule has 10 heteroatoms. The number of halogens is 1. The highest BCUT2D eigenvalue weighted by molar-refractivity contribution is 9.10. The number of hydrazine groups is 2. The van der Waals surface area contributed by atoms with Crippen molar-refractivity contribution in [2.24, 2.45) is 5.84 Å². The van der Waals surface area contributed by atoms with Crippen molar-refractivity contribution in [3.63, 3.8) is 0 Å². The number of nitrogens with two attached hydrogens (primary N) is 1. The summed E-state index contributed by atoms with van der Waals surface area (Å²) in [5.74, 6) is 3.95. The Labute approximate surface area is 130 Å². The van der Waals surface area contributed by atoms with E-state index in [1.807, 2.05) is 10.3 Å². The summed E-state index contributed by atoms with van der Waals surface area (Å²) in [5.41, 5.74) is 4.01. The normalized spacial score (nSPS) is 11.0. The topological polar surface area (TPSA) is 130 Å².